The summed E-state index contributed by atoms with van der Waals surface area (Å²) in [7, 11) is 0. The van der Waals surface area contributed by atoms with Crippen molar-refractivity contribution in [2.45, 2.75) is 6.92 Å². The van der Waals surface area contributed by atoms with Gasteiger partial charge in [0.2, 0.25) is 5.76 Å². The average molecular weight is 285 g/mol. The van der Waals surface area contributed by atoms with Crippen molar-refractivity contribution in [1.29, 1.82) is 0 Å². The molecule has 5 heteroatoms. The first-order valence-corrected chi connectivity index (χ1v) is 5.50. The van der Waals surface area contributed by atoms with Crippen LogP contribution in [-0.2, 0) is 4.74 Å². The van der Waals surface area contributed by atoms with Crippen molar-refractivity contribution in [1.82, 2.24) is 0 Å². The van der Waals surface area contributed by atoms with Crippen molar-refractivity contribution in [2.75, 3.05) is 6.61 Å². The van der Waals surface area contributed by atoms with Crippen LogP contribution in [0.25, 0.3) is 11.0 Å². The minimum atomic E-state index is -0.509. The first-order valence-electron chi connectivity index (χ1n) is 4.71. The Labute approximate surface area is 99.9 Å². The Morgan fingerprint density at radius 3 is 2.94 bits per heavy atom. The van der Waals surface area contributed by atoms with Crippen molar-refractivity contribution < 1.29 is 19.1 Å². The third-order valence-corrected chi connectivity index (χ3v) is 2.62. The lowest BCUT2D eigenvalue weighted by molar-refractivity contribution is 0.0492. The topological polar surface area (TPSA) is 59.7 Å². The van der Waals surface area contributed by atoms with E-state index >= 15 is 0 Å². The van der Waals surface area contributed by atoms with Crippen LogP contribution in [0.1, 0.15) is 17.5 Å². The number of carbonyl (C=O) groups excluding carboxylic acids is 1. The molecule has 0 fully saturated rings. The summed E-state index contributed by atoms with van der Waals surface area (Å²) in [5.41, 5.74) is 0.515. The molecule has 0 bridgehead atoms. The van der Waals surface area contributed by atoms with Crippen LogP contribution >= 0.6 is 15.9 Å². The van der Waals surface area contributed by atoms with E-state index in [1.165, 1.54) is 18.2 Å². The highest BCUT2D eigenvalue weighted by Crippen LogP contribution is 2.31. The summed E-state index contributed by atoms with van der Waals surface area (Å²) in [6.45, 7) is 2.02. The van der Waals surface area contributed by atoms with Crippen LogP contribution in [0, 0.1) is 0 Å². The summed E-state index contributed by atoms with van der Waals surface area (Å²) in [5, 5.41) is 10.0. The van der Waals surface area contributed by atoms with Gasteiger partial charge in [-0.1, -0.05) is 0 Å². The van der Waals surface area contributed by atoms with Gasteiger partial charge in [0.15, 0.2) is 0 Å². The van der Waals surface area contributed by atoms with Gasteiger partial charge in [-0.25, -0.2) is 4.79 Å². The van der Waals surface area contributed by atoms with E-state index < -0.39 is 5.97 Å². The summed E-state index contributed by atoms with van der Waals surface area (Å²) in [5.74, 6) is -0.274. The van der Waals surface area contributed by atoms with Gasteiger partial charge in [0.05, 0.1) is 11.1 Å². The molecule has 0 unspecified atom stereocenters. The van der Waals surface area contributed by atoms with Crippen molar-refractivity contribution in [3.8, 4) is 5.75 Å². The summed E-state index contributed by atoms with van der Waals surface area (Å²) in [4.78, 5) is 11.4. The number of carbonyl (C=O) groups is 1. The van der Waals surface area contributed by atoms with Gasteiger partial charge in [-0.15, -0.1) is 0 Å². The number of furan rings is 1. The number of hydrogen-bond acceptors (Lipinski definition) is 4. The number of hydrogen-bond donors (Lipinski definition) is 1. The van der Waals surface area contributed by atoms with Crippen LogP contribution in [0.5, 0.6) is 5.75 Å². The Balaban J connectivity index is 2.51. The zero-order valence-electron chi connectivity index (χ0n) is 8.49. The number of rotatable bonds is 2. The normalized spacial score (nSPS) is 10.6. The van der Waals surface area contributed by atoms with Gasteiger partial charge in [-0.05, 0) is 41.1 Å². The highest BCUT2D eigenvalue weighted by Gasteiger charge is 2.15. The number of fused-ring (bicyclic) bond motifs is 1. The third-order valence-electron chi connectivity index (χ3n) is 2.03. The lowest BCUT2D eigenvalue weighted by Gasteiger charge is -1.96. The minimum absolute atomic E-state index is 0.107. The minimum Gasteiger partial charge on any atom is -0.508 e. The van der Waals surface area contributed by atoms with Gasteiger partial charge in [0.25, 0.3) is 0 Å². The maximum absolute atomic E-state index is 11.4. The summed E-state index contributed by atoms with van der Waals surface area (Å²) in [6.07, 6.45) is 0. The molecule has 0 aliphatic heterocycles. The fourth-order valence-corrected chi connectivity index (χ4v) is 1.94. The summed E-state index contributed by atoms with van der Waals surface area (Å²) in [6, 6.07) is 4.56. The first-order chi connectivity index (χ1) is 7.61. The average Bonchev–Trinajstić information content (AvgIpc) is 2.62. The molecule has 0 aliphatic carbocycles. The highest BCUT2D eigenvalue weighted by atomic mass is 79.9. The number of aromatic hydroxyl groups is 1. The number of phenolic OH excluding ortho intramolecular Hbond substituents is 1. The molecule has 0 atom stereocenters. The Morgan fingerprint density at radius 1 is 1.50 bits per heavy atom. The molecule has 1 aromatic heterocycles. The van der Waals surface area contributed by atoms with Crippen LogP contribution in [0.3, 0.4) is 0 Å². The van der Waals surface area contributed by atoms with E-state index in [-0.39, 0.29) is 11.5 Å². The van der Waals surface area contributed by atoms with Gasteiger partial charge < -0.3 is 14.3 Å². The molecule has 16 heavy (non-hydrogen) atoms. The fourth-order valence-electron chi connectivity index (χ4n) is 1.40. The molecule has 0 aliphatic rings. The van der Waals surface area contributed by atoms with Crippen LogP contribution in [0.4, 0.5) is 0 Å². The van der Waals surface area contributed by atoms with E-state index in [0.717, 1.165) is 0 Å². The fraction of sp³-hybridized carbons (Fsp3) is 0.182. The monoisotopic (exact) mass is 284 g/mol. The smallest absolute Gasteiger partial charge is 0.374 e. The first kappa shape index (κ1) is 11.0. The molecule has 2 aromatic rings. The van der Waals surface area contributed by atoms with Crippen LogP contribution in [0.15, 0.2) is 27.1 Å². The molecule has 0 saturated carbocycles. The number of phenols is 1. The lowest BCUT2D eigenvalue weighted by atomic mass is 10.2. The maximum atomic E-state index is 11.4. The number of esters is 1. The van der Waals surface area contributed by atoms with Crippen LogP contribution in [0.2, 0.25) is 0 Å². The molecular formula is C11H9BrO4. The number of halogens is 1. The molecule has 1 heterocycles. The molecule has 84 valence electrons. The zero-order valence-corrected chi connectivity index (χ0v) is 10.1. The van der Waals surface area contributed by atoms with E-state index in [1.54, 1.807) is 6.92 Å². The van der Waals surface area contributed by atoms with Gasteiger partial charge in [-0.3, -0.25) is 0 Å². The molecular weight excluding hydrogens is 276 g/mol. The Morgan fingerprint density at radius 2 is 2.25 bits per heavy atom. The summed E-state index contributed by atoms with van der Waals surface area (Å²) < 4.78 is 10.7. The Bertz CT molecular complexity index is 544. The standard InChI is InChI=1S/C11H9BrO4/c1-2-15-11(14)9-4-6-3-7(13)5-8(12)10(6)16-9/h3-5,13H,2H2,1H3. The third kappa shape index (κ3) is 1.90. The lowest BCUT2D eigenvalue weighted by Crippen LogP contribution is -2.02. The van der Waals surface area contributed by atoms with E-state index in [0.29, 0.717) is 22.0 Å². The second kappa shape index (κ2) is 4.17. The predicted octanol–water partition coefficient (Wildman–Crippen LogP) is 3.08. The van der Waals surface area contributed by atoms with Crippen molar-refractivity contribution >= 4 is 32.9 Å². The molecule has 1 N–H and O–H groups in total. The molecule has 0 radical (unpaired) electrons. The maximum Gasteiger partial charge on any atom is 0.374 e. The van der Waals surface area contributed by atoms with Crippen LogP contribution in [-0.4, -0.2) is 17.7 Å². The summed E-state index contributed by atoms with van der Waals surface area (Å²) >= 11 is 3.24. The van der Waals surface area contributed by atoms with E-state index in [9.17, 15) is 9.90 Å². The molecule has 4 nitrogen and oxygen atoms in total. The molecule has 1 aromatic carbocycles. The second-order valence-corrected chi connectivity index (χ2v) is 4.03. The Hall–Kier alpha value is -1.49. The van der Waals surface area contributed by atoms with Gasteiger partial charge in [0.1, 0.15) is 11.3 Å². The van der Waals surface area contributed by atoms with E-state index in [2.05, 4.69) is 15.9 Å². The van der Waals surface area contributed by atoms with Gasteiger partial charge in [0, 0.05) is 5.39 Å². The molecule has 0 saturated heterocycles. The molecule has 0 amide bonds. The van der Waals surface area contributed by atoms with Crippen LogP contribution < -0.4 is 0 Å². The van der Waals surface area contributed by atoms with Crippen molar-refractivity contribution in [3.63, 3.8) is 0 Å². The Kier molecular flexibility index (Phi) is 2.87. The van der Waals surface area contributed by atoms with Crippen molar-refractivity contribution in [2.24, 2.45) is 0 Å². The number of benzene rings is 1. The van der Waals surface area contributed by atoms with Gasteiger partial charge >= 0.3 is 5.97 Å². The molecule has 0 spiro atoms. The van der Waals surface area contributed by atoms with Crippen molar-refractivity contribution in [3.05, 3.63) is 28.4 Å². The van der Waals surface area contributed by atoms with E-state index in [4.69, 9.17) is 9.15 Å². The number of ether oxygens (including phenoxy) is 1. The largest absolute Gasteiger partial charge is 0.508 e. The second-order valence-electron chi connectivity index (χ2n) is 3.18. The van der Waals surface area contributed by atoms with E-state index in [1.807, 2.05) is 0 Å². The quantitative estimate of drug-likeness (QED) is 0.861. The highest BCUT2D eigenvalue weighted by molar-refractivity contribution is 9.10. The molecule has 2 rings (SSSR count). The zero-order chi connectivity index (χ0) is 11.7. The predicted molar refractivity (Wildman–Crippen MR) is 61.5 cm³/mol. The SMILES string of the molecule is CCOC(=O)c1cc2cc(O)cc(Br)c2o1. The van der Waals surface area contributed by atoms with Gasteiger partial charge in [-0.2, -0.15) is 0 Å².